The Morgan fingerprint density at radius 2 is 1.74 bits per heavy atom. The molecule has 6 heteroatoms. The lowest BCUT2D eigenvalue weighted by Crippen LogP contribution is -2.04. The molecule has 0 heterocycles. The van der Waals surface area contributed by atoms with Gasteiger partial charge in [-0.15, -0.1) is 0 Å². The number of ether oxygens (including phenoxy) is 3. The maximum absolute atomic E-state index is 11.6. The van der Waals surface area contributed by atoms with Crippen molar-refractivity contribution in [1.82, 2.24) is 0 Å². The minimum Gasteiger partial charge on any atom is -0.493 e. The third-order valence-electron chi connectivity index (χ3n) is 4.45. The zero-order valence-corrected chi connectivity index (χ0v) is 18.6. The number of hydrogen-bond donors (Lipinski definition) is 0. The highest BCUT2D eigenvalue weighted by Crippen LogP contribution is 2.33. The molecule has 31 heavy (non-hydrogen) atoms. The molecule has 0 aliphatic carbocycles. The van der Waals surface area contributed by atoms with E-state index in [1.165, 1.54) is 7.11 Å². The molecule has 3 aromatic carbocycles. The molecule has 0 saturated carbocycles. The number of esters is 1. The van der Waals surface area contributed by atoms with Crippen molar-refractivity contribution in [1.29, 1.82) is 0 Å². The molecule has 0 amide bonds. The number of hydrogen-bond acceptors (Lipinski definition) is 4. The monoisotopic (exact) mass is 454 g/mol. The van der Waals surface area contributed by atoms with Gasteiger partial charge in [-0.25, -0.2) is 0 Å². The summed E-state index contributed by atoms with van der Waals surface area (Å²) in [4.78, 5) is 11.6. The number of methoxy groups -OCH3 is 2. The van der Waals surface area contributed by atoms with Crippen molar-refractivity contribution in [2.45, 2.75) is 6.42 Å². The first kappa shape index (κ1) is 22.6. The predicted molar refractivity (Wildman–Crippen MR) is 123 cm³/mol. The van der Waals surface area contributed by atoms with Gasteiger partial charge in [-0.2, -0.15) is 0 Å². The van der Waals surface area contributed by atoms with Crippen LogP contribution in [-0.4, -0.2) is 26.8 Å². The van der Waals surface area contributed by atoms with Crippen LogP contribution in [0.5, 0.6) is 11.5 Å². The molecule has 3 rings (SSSR count). The molecule has 0 bridgehead atoms. The van der Waals surface area contributed by atoms with Crippen LogP contribution in [0.3, 0.4) is 0 Å². The molecule has 0 aromatic heterocycles. The maximum atomic E-state index is 11.6. The van der Waals surface area contributed by atoms with Crippen LogP contribution in [0.2, 0.25) is 10.0 Å². The number of carbonyl (C=O) groups is 1. The summed E-state index contributed by atoms with van der Waals surface area (Å²) in [6.07, 6.45) is 0.215. The second-order valence-electron chi connectivity index (χ2n) is 6.53. The van der Waals surface area contributed by atoms with Gasteiger partial charge in [0.15, 0.2) is 11.5 Å². The van der Waals surface area contributed by atoms with Gasteiger partial charge in [0.25, 0.3) is 0 Å². The van der Waals surface area contributed by atoms with Crippen LogP contribution < -0.4 is 9.47 Å². The lowest BCUT2D eigenvalue weighted by molar-refractivity contribution is -0.139. The molecule has 4 nitrogen and oxygen atoms in total. The molecule has 3 aromatic rings. The van der Waals surface area contributed by atoms with Crippen molar-refractivity contribution in [2.75, 3.05) is 20.8 Å². The Labute approximate surface area is 191 Å². The lowest BCUT2D eigenvalue weighted by atomic mass is 10.0. The van der Waals surface area contributed by atoms with E-state index in [9.17, 15) is 4.79 Å². The second kappa shape index (κ2) is 10.8. The largest absolute Gasteiger partial charge is 0.493 e. The summed E-state index contributed by atoms with van der Waals surface area (Å²) in [6.45, 7) is 0.154. The van der Waals surface area contributed by atoms with Gasteiger partial charge in [-0.1, -0.05) is 65.4 Å². The van der Waals surface area contributed by atoms with Gasteiger partial charge >= 0.3 is 5.97 Å². The normalized spacial score (nSPS) is 10.1. The highest BCUT2D eigenvalue weighted by molar-refractivity contribution is 6.35. The first-order valence-corrected chi connectivity index (χ1v) is 10.2. The molecule has 0 aliphatic rings. The fraction of sp³-hybridized carbons (Fsp3) is 0.160. The summed E-state index contributed by atoms with van der Waals surface area (Å²) in [5, 5.41) is 1.05. The third kappa shape index (κ3) is 6.18. The zero-order chi connectivity index (χ0) is 22.2. The van der Waals surface area contributed by atoms with Crippen molar-refractivity contribution in [3.05, 3.63) is 81.8 Å². The van der Waals surface area contributed by atoms with E-state index in [-0.39, 0.29) is 19.0 Å². The van der Waals surface area contributed by atoms with E-state index in [2.05, 4.69) is 11.8 Å². The Morgan fingerprint density at radius 1 is 0.935 bits per heavy atom. The Kier molecular flexibility index (Phi) is 7.83. The topological polar surface area (TPSA) is 44.8 Å². The maximum Gasteiger partial charge on any atom is 0.309 e. The smallest absolute Gasteiger partial charge is 0.309 e. The molecular formula is C25H20Cl2O4. The van der Waals surface area contributed by atoms with Gasteiger partial charge in [0, 0.05) is 10.6 Å². The number of carbonyl (C=O) groups excluding carboxylic acids is 1. The first-order chi connectivity index (χ1) is 15.0. The fourth-order valence-electron chi connectivity index (χ4n) is 2.90. The van der Waals surface area contributed by atoms with Crippen LogP contribution in [0, 0.1) is 11.8 Å². The van der Waals surface area contributed by atoms with E-state index in [4.69, 9.17) is 37.4 Å². The third-order valence-corrected chi connectivity index (χ3v) is 5.00. The molecule has 0 saturated heterocycles. The van der Waals surface area contributed by atoms with Gasteiger partial charge in [-0.3, -0.25) is 4.79 Å². The zero-order valence-electron chi connectivity index (χ0n) is 17.1. The molecule has 0 N–H and O–H groups in total. The number of halogens is 2. The standard InChI is InChI=1S/C25H20Cl2O4/c1-29-23-11-9-20(19-6-3-5-17(13-19)14-25(28)30-2)15-24(23)31-12-4-7-18-8-10-21(26)16-22(18)27/h3,5-6,8-11,13,15-16H,12,14H2,1-2H3. The van der Waals surface area contributed by atoms with E-state index in [1.807, 2.05) is 42.5 Å². The Hall–Kier alpha value is -3.13. The summed E-state index contributed by atoms with van der Waals surface area (Å²) >= 11 is 12.0. The number of rotatable bonds is 6. The van der Waals surface area contributed by atoms with Gasteiger partial charge in [-0.05, 0) is 47.0 Å². The van der Waals surface area contributed by atoms with Gasteiger partial charge < -0.3 is 14.2 Å². The van der Waals surface area contributed by atoms with E-state index in [0.717, 1.165) is 16.7 Å². The van der Waals surface area contributed by atoms with Gasteiger partial charge in [0.2, 0.25) is 0 Å². The van der Waals surface area contributed by atoms with Crippen molar-refractivity contribution >= 4 is 29.2 Å². The Bertz CT molecular complexity index is 1150. The van der Waals surface area contributed by atoms with Crippen molar-refractivity contribution < 1.29 is 19.0 Å². The van der Waals surface area contributed by atoms with Crippen molar-refractivity contribution in [3.8, 4) is 34.5 Å². The minimum atomic E-state index is -0.282. The van der Waals surface area contributed by atoms with E-state index in [1.54, 1.807) is 25.3 Å². The summed E-state index contributed by atoms with van der Waals surface area (Å²) < 4.78 is 16.0. The van der Waals surface area contributed by atoms with Crippen LogP contribution in [0.25, 0.3) is 11.1 Å². The number of benzene rings is 3. The SMILES string of the molecule is COC(=O)Cc1cccc(-c2ccc(OC)c(OCC#Cc3ccc(Cl)cc3Cl)c2)c1. The van der Waals surface area contributed by atoms with Crippen LogP contribution in [-0.2, 0) is 16.0 Å². The molecule has 0 aliphatic heterocycles. The van der Waals surface area contributed by atoms with E-state index >= 15 is 0 Å². The van der Waals surface area contributed by atoms with Crippen LogP contribution in [0.15, 0.2) is 60.7 Å². The summed E-state index contributed by atoms with van der Waals surface area (Å²) in [6, 6.07) is 18.5. The Morgan fingerprint density at radius 3 is 2.48 bits per heavy atom. The molecule has 0 spiro atoms. The molecule has 0 fully saturated rings. The summed E-state index contributed by atoms with van der Waals surface area (Å²) in [5.74, 6) is 6.81. The summed E-state index contributed by atoms with van der Waals surface area (Å²) in [5.41, 5.74) is 3.43. The highest BCUT2D eigenvalue weighted by atomic mass is 35.5. The molecule has 0 atom stereocenters. The predicted octanol–water partition coefficient (Wildman–Crippen LogP) is 5.82. The summed E-state index contributed by atoms with van der Waals surface area (Å²) in [7, 11) is 2.96. The fourth-order valence-corrected chi connectivity index (χ4v) is 3.36. The van der Waals surface area contributed by atoms with Gasteiger partial charge in [0.1, 0.15) is 6.61 Å². The van der Waals surface area contributed by atoms with Crippen molar-refractivity contribution in [2.24, 2.45) is 0 Å². The molecular weight excluding hydrogens is 435 g/mol. The lowest BCUT2D eigenvalue weighted by Gasteiger charge is -2.11. The molecule has 0 unspecified atom stereocenters. The van der Waals surface area contributed by atoms with Crippen LogP contribution in [0.4, 0.5) is 0 Å². The van der Waals surface area contributed by atoms with Gasteiger partial charge in [0.05, 0.1) is 25.7 Å². The van der Waals surface area contributed by atoms with Crippen LogP contribution in [0.1, 0.15) is 11.1 Å². The average molecular weight is 455 g/mol. The first-order valence-electron chi connectivity index (χ1n) is 9.41. The molecule has 0 radical (unpaired) electrons. The molecule has 158 valence electrons. The van der Waals surface area contributed by atoms with Crippen LogP contribution >= 0.6 is 23.2 Å². The second-order valence-corrected chi connectivity index (χ2v) is 7.38. The minimum absolute atomic E-state index is 0.154. The van der Waals surface area contributed by atoms with Crippen molar-refractivity contribution in [3.63, 3.8) is 0 Å². The highest BCUT2D eigenvalue weighted by Gasteiger charge is 2.09. The Balaban J connectivity index is 1.78. The average Bonchev–Trinajstić information content (AvgIpc) is 2.77. The quantitative estimate of drug-likeness (QED) is 0.347. The van der Waals surface area contributed by atoms with E-state index < -0.39 is 0 Å². The van der Waals surface area contributed by atoms with E-state index in [0.29, 0.717) is 27.1 Å².